The van der Waals surface area contributed by atoms with Crippen LogP contribution < -0.4 is 5.32 Å². The zero-order valence-corrected chi connectivity index (χ0v) is 12.9. The minimum atomic E-state index is -0.411. The van der Waals surface area contributed by atoms with Gasteiger partial charge in [0.1, 0.15) is 12.0 Å². The van der Waals surface area contributed by atoms with Gasteiger partial charge in [0, 0.05) is 30.7 Å². The molecule has 0 bridgehead atoms. The van der Waals surface area contributed by atoms with Gasteiger partial charge in [0.25, 0.3) is 5.69 Å². The van der Waals surface area contributed by atoms with E-state index in [-0.39, 0.29) is 5.69 Å². The highest BCUT2D eigenvalue weighted by Gasteiger charge is 2.14. The summed E-state index contributed by atoms with van der Waals surface area (Å²) in [7, 11) is 0. The Morgan fingerprint density at radius 1 is 1.35 bits per heavy atom. The summed E-state index contributed by atoms with van der Waals surface area (Å²) < 4.78 is 0. The smallest absolute Gasteiger partial charge is 0.290 e. The van der Waals surface area contributed by atoms with Crippen LogP contribution >= 0.6 is 0 Å². The quantitative estimate of drug-likeness (QED) is 0.614. The number of hydrogen-bond acceptors (Lipinski definition) is 5. The van der Waals surface area contributed by atoms with Crippen molar-refractivity contribution in [1.82, 2.24) is 9.88 Å². The number of nitrogens with one attached hydrogen (secondary N) is 1. The molecule has 0 aliphatic heterocycles. The molecular weight excluding hydrogens is 256 g/mol. The predicted molar refractivity (Wildman–Crippen MR) is 81.1 cm³/mol. The zero-order chi connectivity index (χ0) is 15.3. The lowest BCUT2D eigenvalue weighted by Gasteiger charge is -2.30. The van der Waals surface area contributed by atoms with Crippen molar-refractivity contribution in [1.29, 1.82) is 0 Å². The third kappa shape index (κ3) is 4.45. The Labute approximate surface area is 120 Å². The molecule has 6 nitrogen and oxygen atoms in total. The van der Waals surface area contributed by atoms with Crippen molar-refractivity contribution in [2.45, 2.75) is 46.7 Å². The van der Waals surface area contributed by atoms with Crippen LogP contribution in [0, 0.1) is 17.0 Å². The molecule has 1 aromatic heterocycles. The van der Waals surface area contributed by atoms with E-state index in [1.807, 2.05) is 0 Å². The third-order valence-electron chi connectivity index (χ3n) is 3.28. The SMILES string of the molecule is Cc1cc(NCCN(C(C)C)C(C)C)ncc1[N+](=O)[O-]. The molecule has 0 spiro atoms. The van der Waals surface area contributed by atoms with Crippen LogP contribution in [0.15, 0.2) is 12.3 Å². The summed E-state index contributed by atoms with van der Waals surface area (Å²) in [5.74, 6) is 0.681. The minimum absolute atomic E-state index is 0.0570. The van der Waals surface area contributed by atoms with Crippen LogP contribution in [-0.4, -0.2) is 40.0 Å². The summed E-state index contributed by atoms with van der Waals surface area (Å²) in [6, 6.07) is 2.69. The Kier molecular flexibility index (Phi) is 5.88. The molecule has 0 amide bonds. The maximum absolute atomic E-state index is 10.7. The Morgan fingerprint density at radius 2 is 1.95 bits per heavy atom. The van der Waals surface area contributed by atoms with Crippen LogP contribution in [0.1, 0.15) is 33.3 Å². The summed E-state index contributed by atoms with van der Waals surface area (Å²) >= 11 is 0. The largest absolute Gasteiger partial charge is 0.369 e. The molecule has 112 valence electrons. The molecule has 6 heteroatoms. The first-order valence-corrected chi connectivity index (χ1v) is 6.93. The van der Waals surface area contributed by atoms with Gasteiger partial charge in [-0.1, -0.05) is 0 Å². The Bertz CT molecular complexity index is 452. The maximum atomic E-state index is 10.7. The number of nitrogens with zero attached hydrogens (tertiary/aromatic N) is 3. The van der Waals surface area contributed by atoms with Crippen LogP contribution in [0.25, 0.3) is 0 Å². The van der Waals surface area contributed by atoms with Crippen molar-refractivity contribution >= 4 is 11.5 Å². The van der Waals surface area contributed by atoms with Gasteiger partial charge in [0.2, 0.25) is 0 Å². The van der Waals surface area contributed by atoms with E-state index < -0.39 is 4.92 Å². The lowest BCUT2D eigenvalue weighted by atomic mass is 10.2. The second-order valence-electron chi connectivity index (χ2n) is 5.47. The Balaban J connectivity index is 2.58. The first kappa shape index (κ1) is 16.4. The number of pyridine rings is 1. The number of anilines is 1. The highest BCUT2D eigenvalue weighted by Crippen LogP contribution is 2.18. The van der Waals surface area contributed by atoms with Crippen molar-refractivity contribution in [3.63, 3.8) is 0 Å². The van der Waals surface area contributed by atoms with Crippen LogP contribution in [-0.2, 0) is 0 Å². The molecule has 1 rings (SSSR count). The molecule has 1 heterocycles. The average Bonchev–Trinajstić information content (AvgIpc) is 2.33. The van der Waals surface area contributed by atoms with E-state index in [0.717, 1.165) is 13.1 Å². The molecule has 0 aliphatic carbocycles. The number of rotatable bonds is 7. The predicted octanol–water partition coefficient (Wildman–Crippen LogP) is 2.83. The van der Waals surface area contributed by atoms with Gasteiger partial charge < -0.3 is 5.32 Å². The lowest BCUT2D eigenvalue weighted by Crippen LogP contribution is -2.40. The topological polar surface area (TPSA) is 71.3 Å². The van der Waals surface area contributed by atoms with Gasteiger partial charge in [-0.3, -0.25) is 15.0 Å². The molecule has 0 aliphatic rings. The van der Waals surface area contributed by atoms with E-state index >= 15 is 0 Å². The molecule has 0 radical (unpaired) electrons. The Hall–Kier alpha value is -1.69. The monoisotopic (exact) mass is 280 g/mol. The van der Waals surface area contributed by atoms with Gasteiger partial charge in [0.05, 0.1) is 4.92 Å². The average molecular weight is 280 g/mol. The highest BCUT2D eigenvalue weighted by atomic mass is 16.6. The van der Waals surface area contributed by atoms with Crippen molar-refractivity contribution < 1.29 is 4.92 Å². The fraction of sp³-hybridized carbons (Fsp3) is 0.643. The second-order valence-corrected chi connectivity index (χ2v) is 5.47. The first-order valence-electron chi connectivity index (χ1n) is 6.93. The van der Waals surface area contributed by atoms with Crippen molar-refractivity contribution in [3.05, 3.63) is 27.9 Å². The first-order chi connectivity index (χ1) is 9.32. The zero-order valence-electron chi connectivity index (χ0n) is 12.9. The van der Waals surface area contributed by atoms with Gasteiger partial charge in [-0.15, -0.1) is 0 Å². The van der Waals surface area contributed by atoms with Gasteiger partial charge in [-0.2, -0.15) is 0 Å². The van der Waals surface area contributed by atoms with Gasteiger partial charge >= 0.3 is 0 Å². The van der Waals surface area contributed by atoms with E-state index in [9.17, 15) is 10.1 Å². The van der Waals surface area contributed by atoms with Crippen LogP contribution in [0.3, 0.4) is 0 Å². The number of hydrogen-bond donors (Lipinski definition) is 1. The molecule has 0 fully saturated rings. The summed E-state index contributed by atoms with van der Waals surface area (Å²) in [5, 5.41) is 13.9. The molecule has 0 atom stereocenters. The molecule has 0 saturated heterocycles. The standard InChI is InChI=1S/C14H24N4O2/c1-10(2)17(11(3)4)7-6-15-14-8-12(5)13(9-16-14)18(19)20/h8-11H,6-7H2,1-5H3,(H,15,16). The van der Waals surface area contributed by atoms with Crippen molar-refractivity contribution in [2.24, 2.45) is 0 Å². The summed E-state index contributed by atoms with van der Waals surface area (Å²) in [6.07, 6.45) is 1.31. The molecule has 0 unspecified atom stereocenters. The van der Waals surface area contributed by atoms with E-state index in [1.54, 1.807) is 13.0 Å². The number of nitro groups is 1. The van der Waals surface area contributed by atoms with Crippen molar-refractivity contribution in [3.8, 4) is 0 Å². The molecule has 0 saturated carbocycles. The van der Waals surface area contributed by atoms with E-state index in [0.29, 0.717) is 23.5 Å². The van der Waals surface area contributed by atoms with Gasteiger partial charge in [-0.05, 0) is 40.7 Å². The summed E-state index contributed by atoms with van der Waals surface area (Å²) in [5.41, 5.74) is 0.679. The third-order valence-corrected chi connectivity index (χ3v) is 3.28. The van der Waals surface area contributed by atoms with Crippen LogP contribution in [0.4, 0.5) is 11.5 Å². The van der Waals surface area contributed by atoms with Crippen LogP contribution in [0.2, 0.25) is 0 Å². The number of aromatic nitrogens is 1. The second kappa shape index (κ2) is 7.19. The summed E-state index contributed by atoms with van der Waals surface area (Å²) in [6.45, 7) is 12.1. The van der Waals surface area contributed by atoms with E-state index in [1.165, 1.54) is 6.20 Å². The Morgan fingerprint density at radius 3 is 2.40 bits per heavy atom. The molecule has 20 heavy (non-hydrogen) atoms. The highest BCUT2D eigenvalue weighted by molar-refractivity contribution is 5.46. The normalized spacial score (nSPS) is 11.4. The van der Waals surface area contributed by atoms with Crippen LogP contribution in [0.5, 0.6) is 0 Å². The van der Waals surface area contributed by atoms with Gasteiger partial charge in [0.15, 0.2) is 0 Å². The molecular formula is C14H24N4O2. The van der Waals surface area contributed by atoms with Crippen molar-refractivity contribution in [2.75, 3.05) is 18.4 Å². The fourth-order valence-electron chi connectivity index (χ4n) is 2.26. The molecule has 0 aromatic carbocycles. The van der Waals surface area contributed by atoms with E-state index in [2.05, 4.69) is 42.9 Å². The lowest BCUT2D eigenvalue weighted by molar-refractivity contribution is -0.385. The maximum Gasteiger partial charge on any atom is 0.290 e. The minimum Gasteiger partial charge on any atom is -0.369 e. The summed E-state index contributed by atoms with van der Waals surface area (Å²) in [4.78, 5) is 16.8. The number of aryl methyl sites for hydroxylation is 1. The van der Waals surface area contributed by atoms with E-state index in [4.69, 9.17) is 0 Å². The van der Waals surface area contributed by atoms with Gasteiger partial charge in [-0.25, -0.2) is 4.98 Å². The molecule has 1 N–H and O–H groups in total. The fourth-order valence-corrected chi connectivity index (χ4v) is 2.26. The molecule has 1 aromatic rings.